The predicted octanol–water partition coefficient (Wildman–Crippen LogP) is 3.29. The highest BCUT2D eigenvalue weighted by Crippen LogP contribution is 2.22. The van der Waals surface area contributed by atoms with Gasteiger partial charge in [0, 0.05) is 30.6 Å². The highest BCUT2D eigenvalue weighted by molar-refractivity contribution is 5.73. The Morgan fingerprint density at radius 1 is 0.926 bits per heavy atom. The average Bonchev–Trinajstić information content (AvgIpc) is 3.14. The van der Waals surface area contributed by atoms with Crippen molar-refractivity contribution in [1.82, 2.24) is 19.5 Å². The van der Waals surface area contributed by atoms with E-state index in [0.29, 0.717) is 34.3 Å². The van der Waals surface area contributed by atoms with Gasteiger partial charge in [-0.2, -0.15) is 0 Å². The summed E-state index contributed by atoms with van der Waals surface area (Å²) in [5.41, 5.74) is 4.34. The lowest BCUT2D eigenvalue weighted by atomic mass is 10.0. The lowest BCUT2D eigenvalue weighted by Crippen LogP contribution is -2.08. The van der Waals surface area contributed by atoms with E-state index in [0.717, 1.165) is 11.1 Å². The standard InChI is InChI=1S/C10H12N2O2.C9H10N2O2/c1-6(2)7-4-5-11-9-8(7)14-10(13)12(9)3;1-5(2)6-3-4-10-8-7(6)13-9(12)11-8/h4-6H,1-3H3;3-5H,1-2H3,(H,10,11,12). The Kier molecular flexibility index (Phi) is 4.98. The summed E-state index contributed by atoms with van der Waals surface area (Å²) in [6.07, 6.45) is 3.37. The fourth-order valence-electron chi connectivity index (χ4n) is 2.82. The number of pyridine rings is 2. The van der Waals surface area contributed by atoms with Crippen molar-refractivity contribution in [1.29, 1.82) is 0 Å². The van der Waals surface area contributed by atoms with Gasteiger partial charge < -0.3 is 8.83 Å². The molecule has 0 aliphatic carbocycles. The van der Waals surface area contributed by atoms with E-state index in [-0.39, 0.29) is 5.76 Å². The van der Waals surface area contributed by atoms with Gasteiger partial charge in [-0.05, 0) is 24.0 Å². The van der Waals surface area contributed by atoms with Crippen LogP contribution in [0.5, 0.6) is 0 Å². The summed E-state index contributed by atoms with van der Waals surface area (Å²) in [5.74, 6) is -0.160. The Morgan fingerprint density at radius 2 is 1.52 bits per heavy atom. The van der Waals surface area contributed by atoms with Crippen LogP contribution in [0.2, 0.25) is 0 Å². The van der Waals surface area contributed by atoms with Crippen LogP contribution in [0.3, 0.4) is 0 Å². The molecular formula is C19H22N4O4. The van der Waals surface area contributed by atoms with Crippen LogP contribution in [0.25, 0.3) is 22.5 Å². The zero-order chi connectivity index (χ0) is 19.7. The van der Waals surface area contributed by atoms with Crippen LogP contribution in [0.4, 0.5) is 0 Å². The minimum atomic E-state index is -0.449. The molecule has 0 amide bonds. The first-order valence-electron chi connectivity index (χ1n) is 8.71. The van der Waals surface area contributed by atoms with Crippen LogP contribution in [0.1, 0.15) is 50.7 Å². The van der Waals surface area contributed by atoms with Crippen LogP contribution in [0, 0.1) is 0 Å². The van der Waals surface area contributed by atoms with Crippen LogP contribution < -0.4 is 11.5 Å². The second-order valence-electron chi connectivity index (χ2n) is 6.88. The summed E-state index contributed by atoms with van der Waals surface area (Å²) in [5, 5.41) is 0. The third kappa shape index (κ3) is 3.55. The third-order valence-electron chi connectivity index (χ3n) is 4.29. The minimum absolute atomic E-state index is 0.324. The number of H-pyrrole nitrogens is 1. The molecule has 1 N–H and O–H groups in total. The molecule has 0 saturated heterocycles. The number of nitrogens with one attached hydrogen (secondary N) is 1. The molecule has 0 bridgehead atoms. The molecule has 0 unspecified atom stereocenters. The van der Waals surface area contributed by atoms with Crippen molar-refractivity contribution in [3.8, 4) is 0 Å². The second-order valence-corrected chi connectivity index (χ2v) is 6.88. The number of rotatable bonds is 2. The molecule has 4 rings (SSSR count). The number of aromatic nitrogens is 4. The molecule has 142 valence electrons. The number of aromatic amines is 1. The maximum absolute atomic E-state index is 11.3. The van der Waals surface area contributed by atoms with Crippen LogP contribution in [-0.2, 0) is 7.05 Å². The monoisotopic (exact) mass is 370 g/mol. The molecule has 0 aliphatic rings. The summed E-state index contributed by atoms with van der Waals surface area (Å²) in [4.78, 5) is 32.8. The van der Waals surface area contributed by atoms with Gasteiger partial charge in [0.15, 0.2) is 22.5 Å². The normalized spacial score (nSPS) is 11.4. The van der Waals surface area contributed by atoms with Crippen molar-refractivity contribution >= 4 is 22.5 Å². The maximum atomic E-state index is 11.3. The van der Waals surface area contributed by atoms with E-state index >= 15 is 0 Å². The molecule has 4 aromatic heterocycles. The largest absolute Gasteiger partial charge is 0.420 e. The van der Waals surface area contributed by atoms with Crippen molar-refractivity contribution in [2.45, 2.75) is 39.5 Å². The van der Waals surface area contributed by atoms with Gasteiger partial charge in [0.25, 0.3) is 0 Å². The van der Waals surface area contributed by atoms with Gasteiger partial charge in [-0.15, -0.1) is 0 Å². The van der Waals surface area contributed by atoms with E-state index in [9.17, 15) is 9.59 Å². The van der Waals surface area contributed by atoms with Crippen molar-refractivity contribution in [2.24, 2.45) is 7.05 Å². The smallest absolute Gasteiger partial charge is 0.406 e. The number of hydrogen-bond acceptors (Lipinski definition) is 6. The van der Waals surface area contributed by atoms with Gasteiger partial charge in [-0.1, -0.05) is 27.7 Å². The molecule has 4 aromatic rings. The summed E-state index contributed by atoms with van der Waals surface area (Å²) in [6, 6.07) is 3.75. The molecule has 27 heavy (non-hydrogen) atoms. The molecule has 0 spiro atoms. The summed E-state index contributed by atoms with van der Waals surface area (Å²) < 4.78 is 11.5. The van der Waals surface area contributed by atoms with Gasteiger partial charge in [0.2, 0.25) is 0 Å². The maximum Gasteiger partial charge on any atom is 0.420 e. The highest BCUT2D eigenvalue weighted by Gasteiger charge is 2.13. The minimum Gasteiger partial charge on any atom is -0.406 e. The van der Waals surface area contributed by atoms with Crippen molar-refractivity contribution < 1.29 is 8.83 Å². The molecule has 0 aromatic carbocycles. The van der Waals surface area contributed by atoms with Crippen molar-refractivity contribution in [2.75, 3.05) is 0 Å². The van der Waals surface area contributed by atoms with E-state index in [1.807, 2.05) is 26.0 Å². The van der Waals surface area contributed by atoms with Gasteiger partial charge in [-0.3, -0.25) is 9.55 Å². The molecule has 4 heterocycles. The zero-order valence-electron chi connectivity index (χ0n) is 15.9. The van der Waals surface area contributed by atoms with Gasteiger partial charge >= 0.3 is 11.5 Å². The summed E-state index contributed by atoms with van der Waals surface area (Å²) in [7, 11) is 1.66. The lowest BCUT2D eigenvalue weighted by Gasteiger charge is -2.03. The number of nitrogens with zero attached hydrogens (tertiary/aromatic N) is 3. The van der Waals surface area contributed by atoms with Crippen molar-refractivity contribution in [3.63, 3.8) is 0 Å². The third-order valence-corrected chi connectivity index (χ3v) is 4.29. The average molecular weight is 370 g/mol. The van der Waals surface area contributed by atoms with E-state index in [2.05, 4.69) is 28.8 Å². The Morgan fingerprint density at radius 3 is 2.15 bits per heavy atom. The van der Waals surface area contributed by atoms with E-state index in [1.54, 1.807) is 19.4 Å². The van der Waals surface area contributed by atoms with Crippen LogP contribution in [0.15, 0.2) is 42.9 Å². The number of oxazole rings is 2. The Bertz CT molecular complexity index is 1190. The fourth-order valence-corrected chi connectivity index (χ4v) is 2.82. The zero-order valence-corrected chi connectivity index (χ0v) is 15.9. The van der Waals surface area contributed by atoms with E-state index < -0.39 is 5.76 Å². The van der Waals surface area contributed by atoms with Gasteiger partial charge in [0.05, 0.1) is 0 Å². The molecule has 0 aliphatic heterocycles. The number of fused-ring (bicyclic) bond motifs is 2. The fraction of sp³-hybridized carbons (Fsp3) is 0.368. The quantitative estimate of drug-likeness (QED) is 0.580. The Hall–Kier alpha value is -3.16. The SMILES string of the molecule is CC(C)c1ccnc2[nH]c(=O)oc12.CC(C)c1ccnc2c1oc(=O)n2C. The molecule has 0 radical (unpaired) electrons. The molecule has 8 nitrogen and oxygen atoms in total. The lowest BCUT2D eigenvalue weighted by molar-refractivity contribution is 0.524. The summed E-state index contributed by atoms with van der Waals surface area (Å²) >= 11 is 0. The first-order chi connectivity index (χ1) is 12.8. The first-order valence-corrected chi connectivity index (χ1v) is 8.71. The molecule has 8 heteroatoms. The molecular weight excluding hydrogens is 348 g/mol. The van der Waals surface area contributed by atoms with Crippen LogP contribution in [-0.4, -0.2) is 19.5 Å². The summed E-state index contributed by atoms with van der Waals surface area (Å²) in [6.45, 7) is 8.20. The Labute approximate surface area is 154 Å². The Balaban J connectivity index is 0.000000156. The van der Waals surface area contributed by atoms with E-state index in [4.69, 9.17) is 8.83 Å². The first kappa shape index (κ1) is 18.6. The highest BCUT2D eigenvalue weighted by atomic mass is 16.4. The topological polar surface area (TPSA) is 107 Å². The van der Waals surface area contributed by atoms with Gasteiger partial charge in [-0.25, -0.2) is 19.6 Å². The van der Waals surface area contributed by atoms with Crippen LogP contribution >= 0.6 is 0 Å². The van der Waals surface area contributed by atoms with Crippen molar-refractivity contribution in [3.05, 3.63) is 56.8 Å². The van der Waals surface area contributed by atoms with Gasteiger partial charge in [0.1, 0.15) is 0 Å². The predicted molar refractivity (Wildman–Crippen MR) is 102 cm³/mol. The molecule has 0 fully saturated rings. The second kappa shape index (κ2) is 7.22. The number of hydrogen-bond donors (Lipinski definition) is 1. The molecule has 0 saturated carbocycles. The molecule has 0 atom stereocenters. The van der Waals surface area contributed by atoms with E-state index in [1.165, 1.54) is 4.57 Å². The number of aryl methyl sites for hydroxylation is 1.